The lowest BCUT2D eigenvalue weighted by Crippen LogP contribution is -2.67. The largest absolute Gasteiger partial charge is 0.481 e. The number of allylic oxidation sites excluding steroid dienone is 1. The van der Waals surface area contributed by atoms with E-state index in [1.54, 1.807) is 0 Å². The molecule has 1 N–H and O–H groups in total. The highest BCUT2D eigenvalue weighted by Gasteiger charge is 2.71. The summed E-state index contributed by atoms with van der Waals surface area (Å²) in [5, 5.41) is 9.33. The van der Waals surface area contributed by atoms with Crippen LogP contribution >= 0.6 is 0 Å². The maximum atomic E-state index is 13.2. The van der Waals surface area contributed by atoms with E-state index >= 15 is 0 Å². The quantitative estimate of drug-likeness (QED) is 0.179. The fraction of sp³-hybridized carbons (Fsp3) is 0.884. The van der Waals surface area contributed by atoms with Crippen molar-refractivity contribution in [3.8, 4) is 0 Å². The van der Waals surface area contributed by atoms with Gasteiger partial charge in [0, 0.05) is 5.41 Å². The van der Waals surface area contributed by atoms with E-state index in [2.05, 4.69) is 48.1 Å². The van der Waals surface area contributed by atoms with Gasteiger partial charge in [0.25, 0.3) is 0 Å². The van der Waals surface area contributed by atoms with Crippen LogP contribution in [0.25, 0.3) is 0 Å². The average Bonchev–Trinajstić information content (AvgIpc) is 3.33. The zero-order valence-corrected chi connectivity index (χ0v) is 33.5. The lowest BCUT2D eigenvalue weighted by Gasteiger charge is -2.73. The van der Waals surface area contributed by atoms with Crippen LogP contribution in [0.4, 0.5) is 0 Å². The third kappa shape index (κ3) is 6.84. The van der Waals surface area contributed by atoms with Gasteiger partial charge in [-0.2, -0.15) is 0 Å². The van der Waals surface area contributed by atoms with Crippen LogP contribution in [-0.4, -0.2) is 47.9 Å². The number of carboxylic acid groups (broad SMARTS) is 1. The van der Waals surface area contributed by atoms with Gasteiger partial charge in [-0.1, -0.05) is 60.6 Å². The number of carbonyl (C=O) groups is 3. The first kappa shape index (κ1) is 39.3. The molecule has 50 heavy (non-hydrogen) atoms. The van der Waals surface area contributed by atoms with E-state index in [-0.39, 0.29) is 64.6 Å². The first-order valence-corrected chi connectivity index (χ1v) is 19.8. The molecular weight excluding hydrogens is 628 g/mol. The number of carboxylic acids is 1. The molecule has 0 heterocycles. The van der Waals surface area contributed by atoms with Gasteiger partial charge in [0.15, 0.2) is 0 Å². The fourth-order valence-electron chi connectivity index (χ4n) is 13.5. The van der Waals surface area contributed by atoms with Gasteiger partial charge in [0.2, 0.25) is 0 Å². The molecule has 0 radical (unpaired) electrons. The van der Waals surface area contributed by atoms with Crippen LogP contribution in [-0.2, 0) is 28.6 Å². The van der Waals surface area contributed by atoms with Gasteiger partial charge in [0.05, 0.1) is 19.4 Å². The summed E-state index contributed by atoms with van der Waals surface area (Å²) in [6, 6.07) is 0. The molecule has 5 unspecified atom stereocenters. The van der Waals surface area contributed by atoms with Gasteiger partial charge in [-0.15, -0.1) is 0 Å². The Kier molecular flexibility index (Phi) is 10.4. The van der Waals surface area contributed by atoms with Gasteiger partial charge in [-0.05, 0) is 149 Å². The van der Waals surface area contributed by atoms with Crippen molar-refractivity contribution in [2.45, 2.75) is 165 Å². The minimum Gasteiger partial charge on any atom is -0.481 e. The summed E-state index contributed by atoms with van der Waals surface area (Å²) < 4.78 is 18.1. The van der Waals surface area contributed by atoms with Crippen molar-refractivity contribution in [2.75, 3.05) is 13.2 Å². The maximum Gasteiger partial charge on any atom is 0.332 e. The molecule has 0 saturated heterocycles. The standard InChI is InChI=1S/C43H70O7/c1-27(2)28-15-20-43(26-48-25-35(47)50-37(3,4)5)22-21-41(11)29(36(28)43)13-14-31-40(10)18-17-32(39(8,9)30(40)16-19-42(31,41)12)49-34(46)24-38(6,7)23-33(44)45/h28-32,36H,1,13-26H2,2-12H3,(H,44,45)/t28-,29+,30?,31?,32?,36?,40?,41+,42+,43+/m0/s1. The highest BCUT2D eigenvalue weighted by atomic mass is 16.6. The number of hydrogen-bond acceptors (Lipinski definition) is 6. The molecule has 0 aromatic heterocycles. The van der Waals surface area contributed by atoms with Gasteiger partial charge in [-0.25, -0.2) is 4.79 Å². The van der Waals surface area contributed by atoms with E-state index in [9.17, 15) is 19.5 Å². The third-order valence-corrected chi connectivity index (χ3v) is 15.7. The molecule has 5 aliphatic rings. The molecule has 0 aromatic rings. The van der Waals surface area contributed by atoms with E-state index < -0.39 is 17.0 Å². The van der Waals surface area contributed by atoms with Crippen LogP contribution in [0.1, 0.15) is 153 Å². The normalized spacial score (nSPS) is 40.8. The molecule has 7 nitrogen and oxygen atoms in total. The Labute approximate surface area is 303 Å². The number of rotatable bonds is 10. The third-order valence-electron chi connectivity index (χ3n) is 15.7. The maximum absolute atomic E-state index is 13.2. The highest BCUT2D eigenvalue weighted by Crippen LogP contribution is 2.77. The molecule has 5 aliphatic carbocycles. The first-order valence-electron chi connectivity index (χ1n) is 19.8. The molecule has 0 bridgehead atoms. The molecule has 5 rings (SSSR count). The summed E-state index contributed by atoms with van der Waals surface area (Å²) >= 11 is 0. The van der Waals surface area contributed by atoms with Gasteiger partial charge < -0.3 is 19.3 Å². The van der Waals surface area contributed by atoms with E-state index in [0.29, 0.717) is 36.2 Å². The van der Waals surface area contributed by atoms with E-state index in [4.69, 9.17) is 14.2 Å². The highest BCUT2D eigenvalue weighted by molar-refractivity contribution is 5.73. The predicted octanol–water partition coefficient (Wildman–Crippen LogP) is 9.81. The smallest absolute Gasteiger partial charge is 0.332 e. The minimum absolute atomic E-state index is 0.0110. The number of fused-ring (bicyclic) bond motifs is 7. The summed E-state index contributed by atoms with van der Waals surface area (Å²) in [7, 11) is 0. The second kappa shape index (κ2) is 13.2. The van der Waals surface area contributed by atoms with Crippen molar-refractivity contribution >= 4 is 17.9 Å². The number of ether oxygens (including phenoxy) is 3. The van der Waals surface area contributed by atoms with Crippen molar-refractivity contribution in [1.29, 1.82) is 0 Å². The molecule has 5 fully saturated rings. The second-order valence-electron chi connectivity index (χ2n) is 20.9. The molecular formula is C43H70O7. The molecule has 284 valence electrons. The number of carbonyl (C=O) groups excluding carboxylic acids is 2. The zero-order chi connectivity index (χ0) is 37.3. The Morgan fingerprint density at radius 2 is 1.46 bits per heavy atom. The van der Waals surface area contributed by atoms with E-state index in [1.165, 1.54) is 31.3 Å². The van der Waals surface area contributed by atoms with Gasteiger partial charge in [-0.3, -0.25) is 9.59 Å². The Morgan fingerprint density at radius 3 is 2.08 bits per heavy atom. The number of aliphatic carboxylic acids is 1. The Bertz CT molecular complexity index is 1340. The molecule has 5 saturated carbocycles. The zero-order valence-electron chi connectivity index (χ0n) is 33.5. The van der Waals surface area contributed by atoms with E-state index in [0.717, 1.165) is 38.5 Å². The van der Waals surface area contributed by atoms with Crippen LogP contribution in [0.5, 0.6) is 0 Å². The second-order valence-corrected chi connectivity index (χ2v) is 20.9. The van der Waals surface area contributed by atoms with Crippen LogP contribution in [0.15, 0.2) is 12.2 Å². The van der Waals surface area contributed by atoms with Crippen LogP contribution in [0, 0.1) is 62.1 Å². The van der Waals surface area contributed by atoms with Gasteiger partial charge in [0.1, 0.15) is 18.3 Å². The molecule has 0 spiro atoms. The Balaban J connectivity index is 1.35. The van der Waals surface area contributed by atoms with Crippen molar-refractivity contribution in [3.63, 3.8) is 0 Å². The van der Waals surface area contributed by atoms with E-state index in [1.807, 2.05) is 34.6 Å². The number of esters is 2. The van der Waals surface area contributed by atoms with Gasteiger partial charge >= 0.3 is 17.9 Å². The molecule has 0 aliphatic heterocycles. The Morgan fingerprint density at radius 1 is 0.780 bits per heavy atom. The fourth-order valence-corrected chi connectivity index (χ4v) is 13.5. The van der Waals surface area contributed by atoms with Crippen LogP contribution in [0.3, 0.4) is 0 Å². The van der Waals surface area contributed by atoms with Crippen molar-refractivity contribution in [1.82, 2.24) is 0 Å². The summed E-state index contributed by atoms with van der Waals surface area (Å²) in [5.74, 6) is 1.20. The lowest BCUT2D eigenvalue weighted by atomic mass is 9.32. The Hall–Kier alpha value is -1.89. The topological polar surface area (TPSA) is 99.1 Å². The summed E-state index contributed by atoms with van der Waals surface area (Å²) in [6.07, 6.45) is 11.2. The summed E-state index contributed by atoms with van der Waals surface area (Å²) in [4.78, 5) is 37.2. The SMILES string of the molecule is C=C(C)[C@@H]1CC[C@]2(COCC(=O)OC(C)(C)C)CC[C@]3(C)[C@H](CCC4C5(C)CCC(OC(=O)CC(C)(C)CC(=O)O)C(C)(C)C5CC[C@]43C)C12. The van der Waals surface area contributed by atoms with Crippen molar-refractivity contribution in [3.05, 3.63) is 12.2 Å². The predicted molar refractivity (Wildman–Crippen MR) is 196 cm³/mol. The average molecular weight is 699 g/mol. The summed E-state index contributed by atoms with van der Waals surface area (Å²) in [6.45, 7) is 29.3. The first-order chi connectivity index (χ1) is 22.9. The molecule has 7 heteroatoms. The summed E-state index contributed by atoms with van der Waals surface area (Å²) in [5.41, 5.74) is 0.613. The minimum atomic E-state index is -0.886. The van der Waals surface area contributed by atoms with Crippen molar-refractivity contribution < 1.29 is 33.7 Å². The van der Waals surface area contributed by atoms with Crippen LogP contribution in [0.2, 0.25) is 0 Å². The lowest BCUT2D eigenvalue weighted by molar-refractivity contribution is -0.252. The molecule has 10 atom stereocenters. The van der Waals surface area contributed by atoms with Crippen molar-refractivity contribution in [2.24, 2.45) is 62.1 Å². The molecule has 0 amide bonds. The monoisotopic (exact) mass is 699 g/mol. The number of hydrogen-bond donors (Lipinski definition) is 1. The molecule has 0 aromatic carbocycles. The van der Waals surface area contributed by atoms with Crippen LogP contribution < -0.4 is 0 Å².